The third-order valence-corrected chi connectivity index (χ3v) is 3.84. The number of Topliss-reactive ketones (excluding diaryl/α,β-unsaturated/α-hetero) is 1. The summed E-state index contributed by atoms with van der Waals surface area (Å²) >= 11 is 12.0. The number of hydrogen-bond donors (Lipinski definition) is 1. The molecule has 2 aromatic heterocycles. The topological polar surface area (TPSA) is 62.8 Å². The number of pyridine rings is 1. The molecule has 0 aliphatic rings. The second-order valence-electron chi connectivity index (χ2n) is 4.38. The van der Waals surface area contributed by atoms with E-state index in [1.54, 1.807) is 36.5 Å². The van der Waals surface area contributed by atoms with Crippen LogP contribution in [0.15, 0.2) is 36.5 Å². The molecule has 0 radical (unpaired) electrons. The molecule has 0 aliphatic carbocycles. The molecule has 21 heavy (non-hydrogen) atoms. The standard InChI is InChI=1S/C15H8Cl2N2O2/c16-9-5-8-12(6-10(9)17)19-15(13(21)7-20)14(8)11-3-1-2-4-18-11/h1-7,19H. The quantitative estimate of drug-likeness (QED) is 0.452. The second kappa shape index (κ2) is 5.31. The van der Waals surface area contributed by atoms with E-state index in [0.29, 0.717) is 32.2 Å². The molecule has 0 bridgehead atoms. The van der Waals surface area contributed by atoms with Crippen LogP contribution in [0.5, 0.6) is 0 Å². The maximum Gasteiger partial charge on any atom is 0.242 e. The van der Waals surface area contributed by atoms with Crippen molar-refractivity contribution in [3.8, 4) is 11.3 Å². The Morgan fingerprint density at radius 2 is 1.95 bits per heavy atom. The van der Waals surface area contributed by atoms with Crippen molar-refractivity contribution in [2.45, 2.75) is 0 Å². The zero-order chi connectivity index (χ0) is 15.0. The number of fused-ring (bicyclic) bond motifs is 1. The average molecular weight is 319 g/mol. The van der Waals surface area contributed by atoms with Gasteiger partial charge in [0.15, 0.2) is 6.29 Å². The summed E-state index contributed by atoms with van der Waals surface area (Å²) in [6.45, 7) is 0. The van der Waals surface area contributed by atoms with E-state index in [-0.39, 0.29) is 12.0 Å². The number of carbonyl (C=O) groups is 2. The van der Waals surface area contributed by atoms with Gasteiger partial charge in [-0.1, -0.05) is 29.3 Å². The Morgan fingerprint density at radius 3 is 2.62 bits per heavy atom. The van der Waals surface area contributed by atoms with Crippen LogP contribution in [-0.2, 0) is 4.79 Å². The summed E-state index contributed by atoms with van der Waals surface area (Å²) in [6.07, 6.45) is 1.88. The predicted octanol–water partition coefficient (Wildman–Crippen LogP) is 3.92. The van der Waals surface area contributed by atoms with Gasteiger partial charge in [0.1, 0.15) is 5.69 Å². The van der Waals surface area contributed by atoms with Gasteiger partial charge < -0.3 is 4.98 Å². The lowest BCUT2D eigenvalue weighted by molar-refractivity contribution is -0.104. The number of nitrogens with one attached hydrogen (secondary N) is 1. The van der Waals surface area contributed by atoms with Gasteiger partial charge in [-0.3, -0.25) is 14.6 Å². The number of aromatic nitrogens is 2. The Kier molecular flexibility index (Phi) is 3.49. The Balaban J connectivity index is 2.40. The summed E-state index contributed by atoms with van der Waals surface area (Å²) < 4.78 is 0. The van der Waals surface area contributed by atoms with Gasteiger partial charge in [-0.2, -0.15) is 0 Å². The van der Waals surface area contributed by atoms with Crippen molar-refractivity contribution in [2.24, 2.45) is 0 Å². The van der Waals surface area contributed by atoms with Gasteiger partial charge >= 0.3 is 0 Å². The van der Waals surface area contributed by atoms with Gasteiger partial charge in [0.05, 0.1) is 15.7 Å². The monoisotopic (exact) mass is 318 g/mol. The molecule has 0 spiro atoms. The molecule has 104 valence electrons. The molecule has 0 saturated heterocycles. The zero-order valence-electron chi connectivity index (χ0n) is 10.6. The first-order valence-electron chi connectivity index (χ1n) is 6.03. The summed E-state index contributed by atoms with van der Waals surface area (Å²) in [7, 11) is 0. The molecule has 0 fully saturated rings. The van der Waals surface area contributed by atoms with Crippen LogP contribution in [0.3, 0.4) is 0 Å². The summed E-state index contributed by atoms with van der Waals surface area (Å²) in [5, 5.41) is 1.42. The van der Waals surface area contributed by atoms with E-state index in [2.05, 4.69) is 9.97 Å². The number of carbonyl (C=O) groups excluding carboxylic acids is 2. The molecule has 4 nitrogen and oxygen atoms in total. The van der Waals surface area contributed by atoms with E-state index in [4.69, 9.17) is 23.2 Å². The summed E-state index contributed by atoms with van der Waals surface area (Å²) in [5.74, 6) is -0.654. The maximum absolute atomic E-state index is 11.9. The fourth-order valence-electron chi connectivity index (χ4n) is 2.21. The van der Waals surface area contributed by atoms with Crippen LogP contribution in [0.25, 0.3) is 22.2 Å². The normalized spacial score (nSPS) is 10.8. The number of rotatable bonds is 3. The third kappa shape index (κ3) is 2.33. The highest BCUT2D eigenvalue weighted by atomic mass is 35.5. The van der Waals surface area contributed by atoms with Gasteiger partial charge in [-0.25, -0.2) is 0 Å². The number of aromatic amines is 1. The number of halogens is 2. The van der Waals surface area contributed by atoms with E-state index < -0.39 is 5.78 Å². The largest absolute Gasteiger partial charge is 0.351 e. The van der Waals surface area contributed by atoms with Gasteiger partial charge in [-0.15, -0.1) is 0 Å². The Morgan fingerprint density at radius 1 is 1.19 bits per heavy atom. The minimum atomic E-state index is -0.654. The van der Waals surface area contributed by atoms with Crippen molar-refractivity contribution in [1.82, 2.24) is 9.97 Å². The molecule has 0 saturated carbocycles. The summed E-state index contributed by atoms with van der Waals surface area (Å²) in [4.78, 5) is 29.9. The highest BCUT2D eigenvalue weighted by molar-refractivity contribution is 6.43. The SMILES string of the molecule is O=CC(=O)c1[nH]c2cc(Cl)c(Cl)cc2c1-c1ccccn1. The molecule has 3 rings (SSSR count). The van der Waals surface area contributed by atoms with Crippen LogP contribution in [0.1, 0.15) is 10.5 Å². The number of nitrogens with zero attached hydrogens (tertiary/aromatic N) is 1. The van der Waals surface area contributed by atoms with Crippen LogP contribution >= 0.6 is 23.2 Å². The van der Waals surface area contributed by atoms with E-state index >= 15 is 0 Å². The van der Waals surface area contributed by atoms with Crippen LogP contribution in [0.2, 0.25) is 10.0 Å². The lowest BCUT2D eigenvalue weighted by Crippen LogP contribution is -2.02. The first-order valence-corrected chi connectivity index (χ1v) is 6.79. The zero-order valence-corrected chi connectivity index (χ0v) is 12.1. The second-order valence-corrected chi connectivity index (χ2v) is 5.20. The molecule has 0 atom stereocenters. The Hall–Kier alpha value is -2.17. The minimum absolute atomic E-state index is 0.178. The smallest absolute Gasteiger partial charge is 0.242 e. The third-order valence-electron chi connectivity index (χ3n) is 3.11. The first-order chi connectivity index (χ1) is 10.1. The van der Waals surface area contributed by atoms with Crippen molar-refractivity contribution >= 4 is 46.2 Å². The molecule has 1 aromatic carbocycles. The fourth-order valence-corrected chi connectivity index (χ4v) is 2.54. The number of hydrogen-bond acceptors (Lipinski definition) is 3. The lowest BCUT2D eigenvalue weighted by Gasteiger charge is -2.02. The number of aldehydes is 1. The van der Waals surface area contributed by atoms with Crippen LogP contribution in [0, 0.1) is 0 Å². The van der Waals surface area contributed by atoms with Crippen LogP contribution in [-0.4, -0.2) is 22.0 Å². The number of H-pyrrole nitrogens is 1. The highest BCUT2D eigenvalue weighted by Gasteiger charge is 2.20. The van der Waals surface area contributed by atoms with E-state index in [9.17, 15) is 9.59 Å². The molecule has 0 unspecified atom stereocenters. The van der Waals surface area contributed by atoms with E-state index in [0.717, 1.165) is 0 Å². The summed E-state index contributed by atoms with van der Waals surface area (Å²) in [5.41, 5.74) is 1.92. The summed E-state index contributed by atoms with van der Waals surface area (Å²) in [6, 6.07) is 8.60. The van der Waals surface area contributed by atoms with Gasteiger partial charge in [0.25, 0.3) is 0 Å². The van der Waals surface area contributed by atoms with Crippen molar-refractivity contribution in [3.63, 3.8) is 0 Å². The highest BCUT2D eigenvalue weighted by Crippen LogP contribution is 2.36. The Bertz CT molecular complexity index is 857. The molecular weight excluding hydrogens is 311 g/mol. The first kappa shape index (κ1) is 13.8. The minimum Gasteiger partial charge on any atom is -0.351 e. The molecule has 1 N–H and O–H groups in total. The van der Waals surface area contributed by atoms with Crippen molar-refractivity contribution in [2.75, 3.05) is 0 Å². The van der Waals surface area contributed by atoms with Gasteiger partial charge in [-0.05, 0) is 24.3 Å². The van der Waals surface area contributed by atoms with Gasteiger partial charge in [0, 0.05) is 22.7 Å². The molecule has 0 amide bonds. The molecular formula is C15H8Cl2N2O2. The number of ketones is 1. The van der Waals surface area contributed by atoms with Crippen molar-refractivity contribution in [1.29, 1.82) is 0 Å². The molecule has 3 aromatic rings. The lowest BCUT2D eigenvalue weighted by atomic mass is 10.0. The van der Waals surface area contributed by atoms with Gasteiger partial charge in [0.2, 0.25) is 5.78 Å². The maximum atomic E-state index is 11.9. The van der Waals surface area contributed by atoms with E-state index in [1.165, 1.54) is 0 Å². The fraction of sp³-hybridized carbons (Fsp3) is 0. The van der Waals surface area contributed by atoms with Crippen molar-refractivity contribution in [3.05, 3.63) is 52.3 Å². The van der Waals surface area contributed by atoms with Crippen LogP contribution in [0.4, 0.5) is 0 Å². The Labute approximate surface area is 129 Å². The molecule has 2 heterocycles. The van der Waals surface area contributed by atoms with E-state index in [1.807, 2.05) is 0 Å². The molecule has 6 heteroatoms. The predicted molar refractivity (Wildman–Crippen MR) is 81.9 cm³/mol. The average Bonchev–Trinajstić information content (AvgIpc) is 2.86. The van der Waals surface area contributed by atoms with Crippen molar-refractivity contribution < 1.29 is 9.59 Å². The molecule has 0 aliphatic heterocycles. The van der Waals surface area contributed by atoms with Crippen LogP contribution < -0.4 is 0 Å². The number of benzene rings is 1.